The number of nitrogens with zero attached hydrogens (tertiary/aromatic N) is 1. The molecule has 1 aliphatic heterocycles. The van der Waals surface area contributed by atoms with Crippen LogP contribution in [0.5, 0.6) is 0 Å². The van der Waals surface area contributed by atoms with Crippen molar-refractivity contribution >= 4 is 0 Å². The van der Waals surface area contributed by atoms with E-state index < -0.39 is 0 Å². The second kappa shape index (κ2) is 6.18. The standard InChI is InChI=1S/C15H24N2/c1-2-17-11-7-6-10-14(12-16)15(17)13-8-4-3-5-9-13/h3-5,8-9,14-15H,2,6-7,10-12,16H2,1H3. The predicted molar refractivity (Wildman–Crippen MR) is 72.8 cm³/mol. The van der Waals surface area contributed by atoms with Crippen LogP contribution in [-0.2, 0) is 0 Å². The Hall–Kier alpha value is -0.860. The lowest BCUT2D eigenvalue weighted by Gasteiger charge is -2.34. The molecule has 0 bridgehead atoms. The first-order chi connectivity index (χ1) is 8.36. The van der Waals surface area contributed by atoms with E-state index >= 15 is 0 Å². The fourth-order valence-corrected chi connectivity index (χ4v) is 3.05. The zero-order chi connectivity index (χ0) is 12.1. The highest BCUT2D eigenvalue weighted by Gasteiger charge is 2.28. The Morgan fingerprint density at radius 3 is 2.65 bits per heavy atom. The van der Waals surface area contributed by atoms with Crippen LogP contribution in [0.3, 0.4) is 0 Å². The molecule has 0 radical (unpaired) electrons. The summed E-state index contributed by atoms with van der Waals surface area (Å²) in [5, 5.41) is 0. The highest BCUT2D eigenvalue weighted by atomic mass is 15.2. The molecule has 2 heteroatoms. The molecule has 1 aromatic carbocycles. The van der Waals surface area contributed by atoms with Crippen molar-refractivity contribution in [3.8, 4) is 0 Å². The average molecular weight is 232 g/mol. The molecule has 2 nitrogen and oxygen atoms in total. The second-order valence-electron chi connectivity index (χ2n) is 4.98. The molecule has 0 spiro atoms. The molecule has 0 amide bonds. The maximum atomic E-state index is 5.99. The van der Waals surface area contributed by atoms with E-state index in [4.69, 9.17) is 5.73 Å². The van der Waals surface area contributed by atoms with Crippen molar-refractivity contribution in [1.29, 1.82) is 0 Å². The summed E-state index contributed by atoms with van der Waals surface area (Å²) in [4.78, 5) is 2.60. The number of likely N-dealkylation sites (tertiary alicyclic amines) is 1. The molecule has 1 aromatic rings. The lowest BCUT2D eigenvalue weighted by atomic mass is 9.89. The van der Waals surface area contributed by atoms with Crippen LogP contribution in [0.1, 0.15) is 37.8 Å². The first-order valence-electron chi connectivity index (χ1n) is 6.86. The van der Waals surface area contributed by atoms with Crippen molar-refractivity contribution in [2.24, 2.45) is 11.7 Å². The molecule has 0 aliphatic carbocycles. The van der Waals surface area contributed by atoms with Gasteiger partial charge in [-0.2, -0.15) is 0 Å². The zero-order valence-corrected chi connectivity index (χ0v) is 10.8. The van der Waals surface area contributed by atoms with E-state index in [2.05, 4.69) is 42.2 Å². The normalized spacial score (nSPS) is 26.7. The van der Waals surface area contributed by atoms with Gasteiger partial charge in [0.05, 0.1) is 0 Å². The molecule has 2 N–H and O–H groups in total. The van der Waals surface area contributed by atoms with Crippen LogP contribution in [0.2, 0.25) is 0 Å². The molecule has 1 aliphatic rings. The van der Waals surface area contributed by atoms with E-state index in [-0.39, 0.29) is 0 Å². The molecular weight excluding hydrogens is 208 g/mol. The zero-order valence-electron chi connectivity index (χ0n) is 10.8. The summed E-state index contributed by atoms with van der Waals surface area (Å²) < 4.78 is 0. The third-order valence-corrected chi connectivity index (χ3v) is 3.96. The van der Waals surface area contributed by atoms with Crippen LogP contribution < -0.4 is 5.73 Å². The van der Waals surface area contributed by atoms with Crippen molar-refractivity contribution in [1.82, 2.24) is 4.90 Å². The summed E-state index contributed by atoms with van der Waals surface area (Å²) in [6.07, 6.45) is 3.90. The minimum absolute atomic E-state index is 0.522. The van der Waals surface area contributed by atoms with Crippen LogP contribution in [-0.4, -0.2) is 24.5 Å². The Bertz CT molecular complexity index is 309. The van der Waals surface area contributed by atoms with E-state index in [9.17, 15) is 0 Å². The number of nitrogens with two attached hydrogens (primary N) is 1. The number of benzene rings is 1. The fourth-order valence-electron chi connectivity index (χ4n) is 3.05. The summed E-state index contributed by atoms with van der Waals surface area (Å²) in [7, 11) is 0. The lowest BCUT2D eigenvalue weighted by molar-refractivity contribution is 0.166. The Morgan fingerprint density at radius 2 is 2.00 bits per heavy atom. The first kappa shape index (κ1) is 12.6. The topological polar surface area (TPSA) is 29.3 Å². The van der Waals surface area contributed by atoms with Gasteiger partial charge >= 0.3 is 0 Å². The van der Waals surface area contributed by atoms with Gasteiger partial charge in [0.25, 0.3) is 0 Å². The average Bonchev–Trinajstić information content (AvgIpc) is 2.61. The van der Waals surface area contributed by atoms with Gasteiger partial charge < -0.3 is 5.73 Å². The van der Waals surface area contributed by atoms with Crippen LogP contribution in [0.15, 0.2) is 30.3 Å². The van der Waals surface area contributed by atoms with Gasteiger partial charge in [-0.1, -0.05) is 43.7 Å². The molecule has 2 atom stereocenters. The predicted octanol–water partition coefficient (Wildman–Crippen LogP) is 2.81. The Labute approximate surface area is 105 Å². The maximum Gasteiger partial charge on any atom is 0.0388 e. The van der Waals surface area contributed by atoms with Crippen molar-refractivity contribution in [2.75, 3.05) is 19.6 Å². The molecule has 1 saturated heterocycles. The van der Waals surface area contributed by atoms with E-state index in [1.54, 1.807) is 0 Å². The lowest BCUT2D eigenvalue weighted by Crippen LogP contribution is -2.35. The SMILES string of the molecule is CCN1CCCCC(CN)C1c1ccccc1. The molecule has 94 valence electrons. The van der Waals surface area contributed by atoms with Crippen molar-refractivity contribution in [2.45, 2.75) is 32.2 Å². The molecule has 1 fully saturated rings. The number of hydrogen-bond donors (Lipinski definition) is 1. The summed E-state index contributed by atoms with van der Waals surface area (Å²) in [5.74, 6) is 0.611. The molecule has 2 rings (SSSR count). The smallest absolute Gasteiger partial charge is 0.0388 e. The van der Waals surface area contributed by atoms with Gasteiger partial charge in [-0.05, 0) is 44.0 Å². The molecular formula is C15H24N2. The summed E-state index contributed by atoms with van der Waals surface area (Å²) >= 11 is 0. The van der Waals surface area contributed by atoms with Crippen LogP contribution in [0, 0.1) is 5.92 Å². The van der Waals surface area contributed by atoms with E-state index in [0.29, 0.717) is 12.0 Å². The van der Waals surface area contributed by atoms with Crippen LogP contribution in [0.4, 0.5) is 0 Å². The summed E-state index contributed by atoms with van der Waals surface area (Å²) in [6, 6.07) is 11.4. The quantitative estimate of drug-likeness (QED) is 0.868. The maximum absolute atomic E-state index is 5.99. The molecule has 17 heavy (non-hydrogen) atoms. The van der Waals surface area contributed by atoms with Gasteiger partial charge in [-0.25, -0.2) is 0 Å². The van der Waals surface area contributed by atoms with Crippen LogP contribution >= 0.6 is 0 Å². The van der Waals surface area contributed by atoms with E-state index in [1.807, 2.05) is 0 Å². The third kappa shape index (κ3) is 2.88. The highest BCUT2D eigenvalue weighted by Crippen LogP contribution is 2.34. The van der Waals surface area contributed by atoms with Crippen molar-refractivity contribution in [3.63, 3.8) is 0 Å². The van der Waals surface area contributed by atoms with E-state index in [0.717, 1.165) is 13.1 Å². The van der Waals surface area contributed by atoms with Gasteiger partial charge in [-0.15, -0.1) is 0 Å². The highest BCUT2D eigenvalue weighted by molar-refractivity contribution is 5.20. The van der Waals surface area contributed by atoms with Gasteiger partial charge in [0, 0.05) is 6.04 Å². The Morgan fingerprint density at radius 1 is 1.24 bits per heavy atom. The molecule has 0 aromatic heterocycles. The number of hydrogen-bond acceptors (Lipinski definition) is 2. The molecule has 1 heterocycles. The summed E-state index contributed by atoms with van der Waals surface area (Å²) in [5.41, 5.74) is 7.43. The first-order valence-corrected chi connectivity index (χ1v) is 6.86. The number of rotatable bonds is 3. The van der Waals surface area contributed by atoms with Crippen molar-refractivity contribution < 1.29 is 0 Å². The largest absolute Gasteiger partial charge is 0.330 e. The van der Waals surface area contributed by atoms with Gasteiger partial charge in [0.2, 0.25) is 0 Å². The molecule has 2 unspecified atom stereocenters. The minimum atomic E-state index is 0.522. The van der Waals surface area contributed by atoms with Crippen molar-refractivity contribution in [3.05, 3.63) is 35.9 Å². The fraction of sp³-hybridized carbons (Fsp3) is 0.600. The van der Waals surface area contributed by atoms with Gasteiger partial charge in [0.15, 0.2) is 0 Å². The van der Waals surface area contributed by atoms with Gasteiger partial charge in [-0.3, -0.25) is 4.90 Å². The third-order valence-electron chi connectivity index (χ3n) is 3.96. The monoisotopic (exact) mass is 232 g/mol. The summed E-state index contributed by atoms with van der Waals surface area (Å²) in [6.45, 7) is 5.40. The Kier molecular flexibility index (Phi) is 4.57. The van der Waals surface area contributed by atoms with E-state index in [1.165, 1.54) is 31.4 Å². The second-order valence-corrected chi connectivity index (χ2v) is 4.98. The molecule has 0 saturated carbocycles. The van der Waals surface area contributed by atoms with Crippen LogP contribution in [0.25, 0.3) is 0 Å². The Balaban J connectivity index is 2.28. The minimum Gasteiger partial charge on any atom is -0.330 e. The van der Waals surface area contributed by atoms with Gasteiger partial charge in [0.1, 0.15) is 0 Å².